The van der Waals surface area contributed by atoms with E-state index >= 15 is 0 Å². The fourth-order valence-electron chi connectivity index (χ4n) is 3.19. The number of hydrogen-bond acceptors (Lipinski definition) is 4. The van der Waals surface area contributed by atoms with Crippen molar-refractivity contribution >= 4 is 44.8 Å². The zero-order valence-corrected chi connectivity index (χ0v) is 17.1. The highest BCUT2D eigenvalue weighted by molar-refractivity contribution is 7.90. The van der Waals surface area contributed by atoms with Gasteiger partial charge in [-0.1, -0.05) is 41.4 Å². The molecule has 4 rings (SSSR count). The Balaban J connectivity index is 1.81. The van der Waals surface area contributed by atoms with Crippen molar-refractivity contribution in [1.82, 2.24) is 9.78 Å². The second-order valence-corrected chi connectivity index (χ2v) is 9.49. The molecule has 0 aliphatic carbocycles. The number of fused-ring (bicyclic) bond motifs is 1. The van der Waals surface area contributed by atoms with Crippen molar-refractivity contribution in [1.29, 1.82) is 0 Å². The number of rotatable bonds is 3. The molecule has 6 nitrogen and oxygen atoms in total. The maximum atomic E-state index is 12.8. The normalized spacial score (nSPS) is 14.7. The summed E-state index contributed by atoms with van der Waals surface area (Å²) in [6, 6.07) is 12.1. The molecule has 1 aliphatic rings. The number of amides is 1. The van der Waals surface area contributed by atoms with E-state index in [4.69, 9.17) is 23.2 Å². The van der Waals surface area contributed by atoms with Crippen molar-refractivity contribution in [3.63, 3.8) is 0 Å². The molecule has 0 saturated heterocycles. The minimum Gasteiger partial charge on any atom is -0.306 e. The van der Waals surface area contributed by atoms with Crippen LogP contribution < -0.4 is 5.32 Å². The third kappa shape index (κ3) is 3.41. The summed E-state index contributed by atoms with van der Waals surface area (Å²) in [7, 11) is -3.28. The highest BCUT2D eigenvalue weighted by Gasteiger charge is 2.33. The molecule has 0 bridgehead atoms. The van der Waals surface area contributed by atoms with Crippen LogP contribution in [-0.4, -0.2) is 24.1 Å². The summed E-state index contributed by atoms with van der Waals surface area (Å²) in [5.74, 6) is -0.450. The van der Waals surface area contributed by atoms with Gasteiger partial charge < -0.3 is 5.32 Å². The third-order valence-corrected chi connectivity index (χ3v) is 6.53. The third-order valence-electron chi connectivity index (χ3n) is 4.54. The summed E-state index contributed by atoms with van der Waals surface area (Å²) in [5.41, 5.74) is 2.87. The second kappa shape index (κ2) is 6.92. The van der Waals surface area contributed by atoms with Gasteiger partial charge in [0.2, 0.25) is 0 Å². The number of halogens is 2. The van der Waals surface area contributed by atoms with Gasteiger partial charge in [-0.3, -0.25) is 4.79 Å². The molecule has 144 valence electrons. The Bertz CT molecular complexity index is 1220. The lowest BCUT2D eigenvalue weighted by Crippen LogP contribution is -2.17. The molecule has 0 atom stereocenters. The van der Waals surface area contributed by atoms with Gasteiger partial charge in [-0.05, 0) is 36.8 Å². The monoisotopic (exact) mass is 435 g/mol. The van der Waals surface area contributed by atoms with E-state index < -0.39 is 15.7 Å². The quantitative estimate of drug-likeness (QED) is 0.669. The van der Waals surface area contributed by atoms with Gasteiger partial charge in [0, 0.05) is 10.6 Å². The van der Waals surface area contributed by atoms with Crippen molar-refractivity contribution in [2.45, 2.75) is 18.4 Å². The van der Waals surface area contributed by atoms with Gasteiger partial charge in [-0.15, -0.1) is 0 Å². The van der Waals surface area contributed by atoms with Crippen LogP contribution in [0.1, 0.15) is 27.2 Å². The lowest BCUT2D eigenvalue weighted by molar-refractivity contribution is 0.102. The summed E-state index contributed by atoms with van der Waals surface area (Å²) >= 11 is 12.0. The number of benzene rings is 2. The molecule has 0 spiro atoms. The molecule has 0 unspecified atom stereocenters. The molecule has 2 aromatic carbocycles. The number of aromatic nitrogens is 2. The highest BCUT2D eigenvalue weighted by Crippen LogP contribution is 2.34. The molecule has 1 amide bonds. The Morgan fingerprint density at radius 1 is 1.14 bits per heavy atom. The molecule has 1 N–H and O–H groups in total. The average molecular weight is 436 g/mol. The SMILES string of the molecule is Cc1ccccc1-n1nc2c(c1NC(=O)c1ccc(Cl)cc1Cl)CS(=O)(=O)C2. The van der Waals surface area contributed by atoms with E-state index in [1.165, 1.54) is 12.1 Å². The van der Waals surface area contributed by atoms with E-state index in [1.54, 1.807) is 10.7 Å². The second-order valence-electron chi connectivity index (χ2n) is 6.58. The van der Waals surface area contributed by atoms with Crippen LogP contribution in [0.5, 0.6) is 0 Å². The molecule has 0 radical (unpaired) electrons. The molecular formula is C19H15Cl2N3O3S. The zero-order valence-electron chi connectivity index (χ0n) is 14.7. The zero-order chi connectivity index (χ0) is 20.1. The van der Waals surface area contributed by atoms with Crippen molar-refractivity contribution in [3.05, 3.63) is 74.9 Å². The molecule has 0 saturated carbocycles. The molecule has 3 aromatic rings. The van der Waals surface area contributed by atoms with Gasteiger partial charge in [-0.25, -0.2) is 13.1 Å². The number of carbonyl (C=O) groups excluding carboxylic acids is 1. The Morgan fingerprint density at radius 3 is 2.61 bits per heavy atom. The van der Waals surface area contributed by atoms with Gasteiger partial charge in [0.25, 0.3) is 5.91 Å². The van der Waals surface area contributed by atoms with Crippen molar-refractivity contribution in [2.24, 2.45) is 0 Å². The van der Waals surface area contributed by atoms with Gasteiger partial charge in [0.1, 0.15) is 5.82 Å². The Labute approximate surface area is 172 Å². The van der Waals surface area contributed by atoms with E-state index in [0.717, 1.165) is 11.3 Å². The first-order chi connectivity index (χ1) is 13.2. The number of hydrogen-bond donors (Lipinski definition) is 1. The number of anilines is 1. The van der Waals surface area contributed by atoms with Crippen LogP contribution in [0.3, 0.4) is 0 Å². The summed E-state index contributed by atoms with van der Waals surface area (Å²) < 4.78 is 25.7. The van der Waals surface area contributed by atoms with Gasteiger partial charge in [0.15, 0.2) is 9.84 Å². The van der Waals surface area contributed by atoms with Crippen LogP contribution in [0.2, 0.25) is 10.0 Å². The smallest absolute Gasteiger partial charge is 0.258 e. The number of aryl methyl sites for hydroxylation is 1. The Kier molecular flexibility index (Phi) is 4.69. The van der Waals surface area contributed by atoms with Crippen molar-refractivity contribution in [2.75, 3.05) is 5.32 Å². The maximum Gasteiger partial charge on any atom is 0.258 e. The number of nitrogens with one attached hydrogen (secondary N) is 1. The Morgan fingerprint density at radius 2 is 1.89 bits per heavy atom. The first kappa shape index (κ1) is 19.0. The van der Waals surface area contributed by atoms with Crippen LogP contribution in [0.15, 0.2) is 42.5 Å². The predicted molar refractivity (Wildman–Crippen MR) is 109 cm³/mol. The van der Waals surface area contributed by atoms with E-state index in [-0.39, 0.29) is 22.1 Å². The van der Waals surface area contributed by atoms with E-state index in [1.807, 2.05) is 31.2 Å². The lowest BCUT2D eigenvalue weighted by Gasteiger charge is -2.13. The van der Waals surface area contributed by atoms with E-state index in [0.29, 0.717) is 22.1 Å². The fraction of sp³-hybridized carbons (Fsp3) is 0.158. The maximum absolute atomic E-state index is 12.8. The fourth-order valence-corrected chi connectivity index (χ4v) is 5.18. The van der Waals surface area contributed by atoms with Crippen LogP contribution in [0, 0.1) is 6.92 Å². The largest absolute Gasteiger partial charge is 0.306 e. The number of para-hydroxylation sites is 1. The number of carbonyl (C=O) groups is 1. The van der Waals surface area contributed by atoms with Crippen LogP contribution in [0.4, 0.5) is 5.82 Å². The molecule has 28 heavy (non-hydrogen) atoms. The summed E-state index contributed by atoms with van der Waals surface area (Å²) in [4.78, 5) is 12.8. The number of sulfone groups is 1. The minimum atomic E-state index is -3.28. The van der Waals surface area contributed by atoms with Gasteiger partial charge in [-0.2, -0.15) is 5.10 Å². The van der Waals surface area contributed by atoms with Crippen LogP contribution >= 0.6 is 23.2 Å². The van der Waals surface area contributed by atoms with Crippen LogP contribution in [-0.2, 0) is 21.3 Å². The summed E-state index contributed by atoms with van der Waals surface area (Å²) in [6.45, 7) is 1.92. The lowest BCUT2D eigenvalue weighted by atomic mass is 10.2. The molecule has 1 aliphatic heterocycles. The van der Waals surface area contributed by atoms with Crippen LogP contribution in [0.25, 0.3) is 5.69 Å². The average Bonchev–Trinajstić information content (AvgIpc) is 3.08. The molecule has 9 heteroatoms. The van der Waals surface area contributed by atoms with E-state index in [2.05, 4.69) is 10.4 Å². The minimum absolute atomic E-state index is 0.147. The molecule has 2 heterocycles. The predicted octanol–water partition coefficient (Wildman–Crippen LogP) is 4.17. The molecular weight excluding hydrogens is 421 g/mol. The van der Waals surface area contributed by atoms with E-state index in [9.17, 15) is 13.2 Å². The van der Waals surface area contributed by atoms with Crippen molar-refractivity contribution < 1.29 is 13.2 Å². The Hall–Kier alpha value is -2.35. The summed E-state index contributed by atoms with van der Waals surface area (Å²) in [6.07, 6.45) is 0. The van der Waals surface area contributed by atoms with Gasteiger partial charge in [0.05, 0.1) is 33.5 Å². The first-order valence-electron chi connectivity index (χ1n) is 8.39. The van der Waals surface area contributed by atoms with Gasteiger partial charge >= 0.3 is 0 Å². The highest BCUT2D eigenvalue weighted by atomic mass is 35.5. The number of nitrogens with zero attached hydrogens (tertiary/aromatic N) is 2. The molecule has 0 fully saturated rings. The standard InChI is InChI=1S/C19H15Cl2N3O3S/c1-11-4-2-3-5-17(11)24-18(14-9-28(26,27)10-16(14)23-24)22-19(25)13-7-6-12(20)8-15(13)21/h2-8H,9-10H2,1H3,(H,22,25). The topological polar surface area (TPSA) is 81.1 Å². The summed E-state index contributed by atoms with van der Waals surface area (Å²) in [5, 5.41) is 7.89. The molecule has 1 aromatic heterocycles. The van der Waals surface area contributed by atoms with Crippen molar-refractivity contribution in [3.8, 4) is 5.69 Å². The first-order valence-corrected chi connectivity index (χ1v) is 11.0.